The zero-order chi connectivity index (χ0) is 23.9. The summed E-state index contributed by atoms with van der Waals surface area (Å²) in [4.78, 5) is 11.3. The Labute approximate surface area is 196 Å². The molecule has 0 spiro atoms. The minimum absolute atomic E-state index is 0.0742. The van der Waals surface area contributed by atoms with Crippen LogP contribution in [0.1, 0.15) is 48.1 Å². The van der Waals surface area contributed by atoms with E-state index in [2.05, 4.69) is 0 Å². The molecule has 6 heteroatoms. The molecular weight excluding hydrogens is 435 g/mol. The van der Waals surface area contributed by atoms with Crippen LogP contribution in [0.25, 0.3) is 0 Å². The van der Waals surface area contributed by atoms with Gasteiger partial charge in [0.25, 0.3) is 0 Å². The van der Waals surface area contributed by atoms with E-state index in [1.807, 2.05) is 100 Å². The molecule has 33 heavy (non-hydrogen) atoms. The fourth-order valence-corrected chi connectivity index (χ4v) is 5.02. The Bertz CT molecular complexity index is 1060. The molecule has 0 fully saturated rings. The lowest BCUT2D eigenvalue weighted by Gasteiger charge is -2.29. The number of carbonyl (C=O) groups is 1. The van der Waals surface area contributed by atoms with Crippen LogP contribution < -0.4 is 4.52 Å². The molecule has 0 heterocycles. The number of carbonyl (C=O) groups excluding carboxylic acids is 1. The number of hydrogen-bond donors (Lipinski definition) is 0. The minimum atomic E-state index is -4.02. The highest BCUT2D eigenvalue weighted by molar-refractivity contribution is 7.48. The lowest BCUT2D eigenvalue weighted by atomic mass is 9.79. The lowest BCUT2D eigenvalue weighted by molar-refractivity contribution is -0.108. The van der Waals surface area contributed by atoms with Crippen LogP contribution in [0, 0.1) is 13.8 Å². The van der Waals surface area contributed by atoms with E-state index in [0.717, 1.165) is 34.1 Å². The molecule has 0 aliphatic heterocycles. The molecule has 0 aliphatic rings. The van der Waals surface area contributed by atoms with E-state index in [1.165, 1.54) is 0 Å². The SMILES string of the molecule is Cc1cc(C)c(C(C)(C)CC=O)c(OP(=O)(OCc2ccccc2)OCc2ccccc2)c1. The van der Waals surface area contributed by atoms with Crippen molar-refractivity contribution in [1.82, 2.24) is 0 Å². The molecule has 174 valence electrons. The van der Waals surface area contributed by atoms with Crippen molar-refractivity contribution < 1.29 is 22.9 Å². The summed E-state index contributed by atoms with van der Waals surface area (Å²) in [5.41, 5.74) is 3.91. The minimum Gasteiger partial charge on any atom is -0.404 e. The maximum absolute atomic E-state index is 13.9. The lowest BCUT2D eigenvalue weighted by Crippen LogP contribution is -2.21. The Morgan fingerprint density at radius 3 is 1.85 bits per heavy atom. The van der Waals surface area contributed by atoms with Gasteiger partial charge in [-0.1, -0.05) is 80.6 Å². The molecule has 0 saturated heterocycles. The van der Waals surface area contributed by atoms with Gasteiger partial charge in [-0.2, -0.15) is 0 Å². The third-order valence-corrected chi connectivity index (χ3v) is 6.70. The molecule has 0 radical (unpaired) electrons. The van der Waals surface area contributed by atoms with Gasteiger partial charge in [0, 0.05) is 17.4 Å². The van der Waals surface area contributed by atoms with E-state index in [0.29, 0.717) is 12.2 Å². The molecule has 0 bridgehead atoms. The summed E-state index contributed by atoms with van der Waals surface area (Å²) in [7, 11) is -4.02. The van der Waals surface area contributed by atoms with Crippen LogP contribution in [0.4, 0.5) is 0 Å². The quantitative estimate of drug-likeness (QED) is 0.223. The van der Waals surface area contributed by atoms with Crippen LogP contribution in [0.2, 0.25) is 0 Å². The second-order valence-electron chi connectivity index (χ2n) is 8.77. The van der Waals surface area contributed by atoms with E-state index in [-0.39, 0.29) is 13.2 Å². The van der Waals surface area contributed by atoms with Crippen molar-refractivity contribution in [2.75, 3.05) is 0 Å². The Hall–Kier alpha value is -2.72. The van der Waals surface area contributed by atoms with Gasteiger partial charge in [-0.25, -0.2) is 4.57 Å². The molecule has 0 aromatic heterocycles. The second-order valence-corrected chi connectivity index (χ2v) is 10.4. The number of aryl methyl sites for hydroxylation is 2. The van der Waals surface area contributed by atoms with Gasteiger partial charge in [0.1, 0.15) is 12.0 Å². The maximum atomic E-state index is 13.9. The highest BCUT2D eigenvalue weighted by Gasteiger charge is 2.34. The van der Waals surface area contributed by atoms with Gasteiger partial charge < -0.3 is 9.32 Å². The molecule has 0 atom stereocenters. The maximum Gasteiger partial charge on any atom is 0.530 e. The van der Waals surface area contributed by atoms with Gasteiger partial charge >= 0.3 is 7.82 Å². The van der Waals surface area contributed by atoms with Crippen LogP contribution in [0.5, 0.6) is 5.75 Å². The number of phosphoric ester groups is 1. The van der Waals surface area contributed by atoms with Gasteiger partial charge in [-0.15, -0.1) is 0 Å². The third kappa shape index (κ3) is 6.88. The van der Waals surface area contributed by atoms with Crippen molar-refractivity contribution in [3.8, 4) is 5.75 Å². The Kier molecular flexibility index (Phi) is 8.25. The van der Waals surface area contributed by atoms with Crippen molar-refractivity contribution >= 4 is 14.1 Å². The van der Waals surface area contributed by atoms with Crippen LogP contribution in [-0.4, -0.2) is 6.29 Å². The summed E-state index contributed by atoms with van der Waals surface area (Å²) in [6.07, 6.45) is 1.19. The Morgan fingerprint density at radius 1 is 0.848 bits per heavy atom. The fourth-order valence-electron chi connectivity index (χ4n) is 3.84. The predicted molar refractivity (Wildman–Crippen MR) is 130 cm³/mol. The van der Waals surface area contributed by atoms with Gasteiger partial charge in [0.05, 0.1) is 13.2 Å². The molecule has 0 saturated carbocycles. The molecule has 3 aromatic rings. The summed E-state index contributed by atoms with van der Waals surface area (Å²) in [5.74, 6) is 0.406. The number of hydrogen-bond acceptors (Lipinski definition) is 5. The smallest absolute Gasteiger partial charge is 0.404 e. The molecule has 3 aromatic carbocycles. The Balaban J connectivity index is 1.95. The standard InChI is InChI=1S/C27H31O5P/c1-21-17-22(2)26(27(3,4)15-16-28)25(18-21)32-33(29,30-19-23-11-7-5-8-12-23)31-20-24-13-9-6-10-14-24/h5-14,16-18H,15,19-20H2,1-4H3. The number of phosphoric acid groups is 1. The molecule has 0 aliphatic carbocycles. The summed E-state index contributed by atoms with van der Waals surface area (Å²) in [5, 5.41) is 0. The van der Waals surface area contributed by atoms with Crippen molar-refractivity contribution in [1.29, 1.82) is 0 Å². The molecule has 0 unspecified atom stereocenters. The first-order chi connectivity index (χ1) is 15.7. The first-order valence-electron chi connectivity index (χ1n) is 10.9. The second kappa shape index (κ2) is 10.9. The van der Waals surface area contributed by atoms with E-state index in [4.69, 9.17) is 13.6 Å². The number of aldehydes is 1. The molecular formula is C27H31O5P. The summed E-state index contributed by atoms with van der Waals surface area (Å²) < 4.78 is 31.5. The first kappa shape index (κ1) is 24.9. The van der Waals surface area contributed by atoms with E-state index >= 15 is 0 Å². The number of benzene rings is 3. The molecule has 0 N–H and O–H groups in total. The number of rotatable bonds is 11. The van der Waals surface area contributed by atoms with Crippen LogP contribution in [0.3, 0.4) is 0 Å². The Morgan fingerprint density at radius 2 is 1.36 bits per heavy atom. The topological polar surface area (TPSA) is 61.8 Å². The zero-order valence-electron chi connectivity index (χ0n) is 19.6. The fraction of sp³-hybridized carbons (Fsp3) is 0.296. The van der Waals surface area contributed by atoms with Gasteiger partial charge in [-0.05, 0) is 42.2 Å². The van der Waals surface area contributed by atoms with Gasteiger partial charge in [-0.3, -0.25) is 9.05 Å². The highest BCUT2D eigenvalue weighted by atomic mass is 31.2. The molecule has 3 rings (SSSR count). The van der Waals surface area contributed by atoms with Gasteiger partial charge in [0.15, 0.2) is 0 Å². The van der Waals surface area contributed by atoms with E-state index in [1.54, 1.807) is 0 Å². The van der Waals surface area contributed by atoms with Crippen molar-refractivity contribution in [3.63, 3.8) is 0 Å². The largest absolute Gasteiger partial charge is 0.530 e. The normalized spacial score (nSPS) is 11.9. The monoisotopic (exact) mass is 466 g/mol. The zero-order valence-corrected chi connectivity index (χ0v) is 20.5. The van der Waals surface area contributed by atoms with Crippen molar-refractivity contribution in [3.05, 3.63) is 101 Å². The summed E-state index contributed by atoms with van der Waals surface area (Å²) >= 11 is 0. The molecule has 0 amide bonds. The predicted octanol–water partition coefficient (Wildman–Crippen LogP) is 7.09. The van der Waals surface area contributed by atoms with Crippen LogP contribution >= 0.6 is 7.82 Å². The van der Waals surface area contributed by atoms with E-state index in [9.17, 15) is 9.36 Å². The average Bonchev–Trinajstić information content (AvgIpc) is 2.77. The van der Waals surface area contributed by atoms with Gasteiger partial charge in [0.2, 0.25) is 0 Å². The van der Waals surface area contributed by atoms with Crippen LogP contribution in [0.15, 0.2) is 72.8 Å². The van der Waals surface area contributed by atoms with E-state index < -0.39 is 13.2 Å². The third-order valence-electron chi connectivity index (χ3n) is 5.39. The summed E-state index contributed by atoms with van der Waals surface area (Å²) in [6, 6.07) is 22.7. The first-order valence-corrected chi connectivity index (χ1v) is 12.4. The van der Waals surface area contributed by atoms with Crippen molar-refractivity contribution in [2.24, 2.45) is 0 Å². The highest BCUT2D eigenvalue weighted by Crippen LogP contribution is 2.53. The average molecular weight is 467 g/mol. The van der Waals surface area contributed by atoms with Crippen LogP contribution in [-0.2, 0) is 37.0 Å². The molecule has 5 nitrogen and oxygen atoms in total. The summed E-state index contributed by atoms with van der Waals surface area (Å²) in [6.45, 7) is 7.98. The van der Waals surface area contributed by atoms with Crippen molar-refractivity contribution in [2.45, 2.75) is 52.7 Å².